The van der Waals surface area contributed by atoms with E-state index >= 15 is 0 Å². The van der Waals surface area contributed by atoms with Crippen LogP contribution in [-0.2, 0) is 4.79 Å². The SMILES string of the molecule is CCC(C)NC(=O)C1CSC(c2ccc(F)cc2)N1C(=O)c1cccc(F)c1. The van der Waals surface area contributed by atoms with Crippen LogP contribution in [0.25, 0.3) is 0 Å². The van der Waals surface area contributed by atoms with Gasteiger partial charge >= 0.3 is 0 Å². The lowest BCUT2D eigenvalue weighted by Gasteiger charge is -2.30. The van der Waals surface area contributed by atoms with Gasteiger partial charge in [0, 0.05) is 17.4 Å². The normalized spacial score (nSPS) is 20.1. The minimum atomic E-state index is -0.690. The van der Waals surface area contributed by atoms with Crippen LogP contribution >= 0.6 is 11.8 Å². The fourth-order valence-corrected chi connectivity index (χ4v) is 4.48. The Morgan fingerprint density at radius 2 is 1.89 bits per heavy atom. The summed E-state index contributed by atoms with van der Waals surface area (Å²) in [6.07, 6.45) is 0.769. The summed E-state index contributed by atoms with van der Waals surface area (Å²) in [5.41, 5.74) is 0.894. The summed E-state index contributed by atoms with van der Waals surface area (Å²) in [4.78, 5) is 27.5. The first-order valence-corrected chi connectivity index (χ1v) is 10.2. The number of carbonyl (C=O) groups excluding carboxylic acids is 2. The third kappa shape index (κ3) is 4.35. The van der Waals surface area contributed by atoms with Crippen molar-refractivity contribution in [3.63, 3.8) is 0 Å². The topological polar surface area (TPSA) is 49.4 Å². The third-order valence-corrected chi connectivity index (χ3v) is 6.09. The molecule has 1 aliphatic heterocycles. The standard InChI is InChI=1S/C21H22F2N2O2S/c1-3-13(2)24-19(26)18-12-28-21(14-7-9-16(22)10-8-14)25(18)20(27)15-5-4-6-17(23)11-15/h4-11,13,18,21H,3,12H2,1-2H3,(H,24,26). The maximum absolute atomic E-state index is 13.7. The Labute approximate surface area is 167 Å². The van der Waals surface area contributed by atoms with Gasteiger partial charge in [0.25, 0.3) is 5.91 Å². The molecule has 2 aromatic rings. The highest BCUT2D eigenvalue weighted by Gasteiger charge is 2.42. The second kappa shape index (κ2) is 8.73. The number of hydrogen-bond acceptors (Lipinski definition) is 3. The van der Waals surface area contributed by atoms with Crippen molar-refractivity contribution in [2.24, 2.45) is 0 Å². The van der Waals surface area contributed by atoms with E-state index in [1.165, 1.54) is 47.0 Å². The Morgan fingerprint density at radius 3 is 2.54 bits per heavy atom. The number of benzene rings is 2. The number of carbonyl (C=O) groups is 2. The van der Waals surface area contributed by atoms with Crippen molar-refractivity contribution in [1.29, 1.82) is 0 Å². The van der Waals surface area contributed by atoms with E-state index < -0.39 is 23.1 Å². The van der Waals surface area contributed by atoms with Gasteiger partial charge in [0.05, 0.1) is 0 Å². The van der Waals surface area contributed by atoms with E-state index in [9.17, 15) is 18.4 Å². The lowest BCUT2D eigenvalue weighted by Crippen LogP contribution is -2.49. The predicted octanol–water partition coefficient (Wildman–Crippen LogP) is 4.14. The summed E-state index contributed by atoms with van der Waals surface area (Å²) in [6, 6.07) is 10.6. The molecule has 4 nitrogen and oxygen atoms in total. The molecule has 1 N–H and O–H groups in total. The zero-order valence-electron chi connectivity index (χ0n) is 15.7. The molecule has 148 valence electrons. The summed E-state index contributed by atoms with van der Waals surface area (Å²) < 4.78 is 27.0. The van der Waals surface area contributed by atoms with Crippen molar-refractivity contribution in [1.82, 2.24) is 10.2 Å². The molecule has 0 bridgehead atoms. The van der Waals surface area contributed by atoms with Crippen LogP contribution in [0.3, 0.4) is 0 Å². The lowest BCUT2D eigenvalue weighted by molar-refractivity contribution is -0.125. The Bertz CT molecular complexity index is 860. The molecule has 1 saturated heterocycles. The van der Waals surface area contributed by atoms with Gasteiger partial charge < -0.3 is 10.2 Å². The van der Waals surface area contributed by atoms with Gasteiger partial charge in [-0.2, -0.15) is 0 Å². The number of nitrogens with zero attached hydrogens (tertiary/aromatic N) is 1. The third-order valence-electron chi connectivity index (χ3n) is 4.77. The molecule has 1 fully saturated rings. The lowest BCUT2D eigenvalue weighted by atomic mass is 10.1. The molecule has 0 spiro atoms. The van der Waals surface area contributed by atoms with Crippen molar-refractivity contribution < 1.29 is 18.4 Å². The van der Waals surface area contributed by atoms with E-state index in [-0.39, 0.29) is 23.3 Å². The van der Waals surface area contributed by atoms with Crippen LogP contribution in [0.1, 0.15) is 41.6 Å². The number of thioether (sulfide) groups is 1. The van der Waals surface area contributed by atoms with E-state index in [4.69, 9.17) is 0 Å². The van der Waals surface area contributed by atoms with Crippen molar-refractivity contribution in [2.75, 3.05) is 5.75 Å². The van der Waals surface area contributed by atoms with Crippen LogP contribution in [0.15, 0.2) is 48.5 Å². The van der Waals surface area contributed by atoms with Crippen molar-refractivity contribution in [2.45, 2.75) is 37.7 Å². The Balaban J connectivity index is 1.95. The van der Waals surface area contributed by atoms with Gasteiger partial charge in [-0.15, -0.1) is 11.8 Å². The Hall–Kier alpha value is -2.41. The highest BCUT2D eigenvalue weighted by Crippen LogP contribution is 2.42. The van der Waals surface area contributed by atoms with Crippen LogP contribution in [-0.4, -0.2) is 34.6 Å². The molecule has 3 atom stereocenters. The van der Waals surface area contributed by atoms with Crippen LogP contribution in [0.2, 0.25) is 0 Å². The fraction of sp³-hybridized carbons (Fsp3) is 0.333. The molecule has 28 heavy (non-hydrogen) atoms. The van der Waals surface area contributed by atoms with Crippen molar-refractivity contribution in [3.8, 4) is 0 Å². The van der Waals surface area contributed by atoms with Gasteiger partial charge in [-0.25, -0.2) is 8.78 Å². The van der Waals surface area contributed by atoms with Crippen LogP contribution in [0.4, 0.5) is 8.78 Å². The van der Waals surface area contributed by atoms with Gasteiger partial charge in [0.15, 0.2) is 0 Å². The summed E-state index contributed by atoms with van der Waals surface area (Å²) in [7, 11) is 0. The fourth-order valence-electron chi connectivity index (χ4n) is 3.05. The summed E-state index contributed by atoms with van der Waals surface area (Å²) in [5.74, 6) is -1.15. The maximum atomic E-state index is 13.7. The maximum Gasteiger partial charge on any atom is 0.255 e. The average molecular weight is 404 g/mol. The second-order valence-corrected chi connectivity index (χ2v) is 7.91. The number of amides is 2. The monoisotopic (exact) mass is 404 g/mol. The quantitative estimate of drug-likeness (QED) is 0.815. The first-order chi connectivity index (χ1) is 13.4. The van der Waals surface area contributed by atoms with Crippen molar-refractivity contribution in [3.05, 3.63) is 71.3 Å². The molecule has 3 unspecified atom stereocenters. The molecule has 0 saturated carbocycles. The van der Waals surface area contributed by atoms with Gasteiger partial charge in [-0.1, -0.05) is 25.1 Å². The molecular formula is C21H22F2N2O2S. The van der Waals surface area contributed by atoms with Crippen LogP contribution in [0, 0.1) is 11.6 Å². The first kappa shape index (κ1) is 20.3. The first-order valence-electron chi connectivity index (χ1n) is 9.16. The zero-order valence-corrected chi connectivity index (χ0v) is 16.5. The Morgan fingerprint density at radius 1 is 1.18 bits per heavy atom. The molecular weight excluding hydrogens is 382 g/mol. The van der Waals surface area contributed by atoms with E-state index in [0.717, 1.165) is 18.1 Å². The van der Waals surface area contributed by atoms with Gasteiger partial charge in [-0.3, -0.25) is 9.59 Å². The van der Waals surface area contributed by atoms with Gasteiger partial charge in [0.1, 0.15) is 23.1 Å². The van der Waals surface area contributed by atoms with E-state index in [2.05, 4.69) is 5.32 Å². The molecule has 0 radical (unpaired) electrons. The zero-order chi connectivity index (χ0) is 20.3. The molecule has 2 aromatic carbocycles. The molecule has 2 amide bonds. The van der Waals surface area contributed by atoms with E-state index in [1.54, 1.807) is 12.1 Å². The minimum Gasteiger partial charge on any atom is -0.352 e. The number of nitrogens with one attached hydrogen (secondary N) is 1. The minimum absolute atomic E-state index is 0.0199. The average Bonchev–Trinajstić information content (AvgIpc) is 3.13. The second-order valence-electron chi connectivity index (χ2n) is 6.79. The molecule has 7 heteroatoms. The summed E-state index contributed by atoms with van der Waals surface area (Å²) in [6.45, 7) is 3.86. The molecule has 1 heterocycles. The highest BCUT2D eigenvalue weighted by molar-refractivity contribution is 7.99. The molecule has 0 aliphatic carbocycles. The molecule has 0 aromatic heterocycles. The number of hydrogen-bond donors (Lipinski definition) is 1. The number of halogens is 2. The smallest absolute Gasteiger partial charge is 0.255 e. The van der Waals surface area contributed by atoms with E-state index in [1.807, 2.05) is 13.8 Å². The van der Waals surface area contributed by atoms with Crippen LogP contribution < -0.4 is 5.32 Å². The van der Waals surface area contributed by atoms with Crippen LogP contribution in [0.5, 0.6) is 0 Å². The summed E-state index contributed by atoms with van der Waals surface area (Å²) in [5, 5.41) is 2.47. The molecule has 3 rings (SSSR count). The van der Waals surface area contributed by atoms with Gasteiger partial charge in [0.2, 0.25) is 5.91 Å². The van der Waals surface area contributed by atoms with Gasteiger partial charge in [-0.05, 0) is 49.2 Å². The largest absolute Gasteiger partial charge is 0.352 e. The van der Waals surface area contributed by atoms with E-state index in [0.29, 0.717) is 5.75 Å². The highest BCUT2D eigenvalue weighted by atomic mass is 32.2. The number of rotatable bonds is 5. The summed E-state index contributed by atoms with van der Waals surface area (Å²) >= 11 is 1.44. The Kier molecular flexibility index (Phi) is 6.34. The predicted molar refractivity (Wildman–Crippen MR) is 106 cm³/mol. The molecule has 1 aliphatic rings. The van der Waals surface area contributed by atoms with Crippen molar-refractivity contribution >= 4 is 23.6 Å².